The van der Waals surface area contributed by atoms with Crippen molar-refractivity contribution < 1.29 is 115 Å². The van der Waals surface area contributed by atoms with Gasteiger partial charge in [0.05, 0.1) is 49.9 Å². The zero-order valence-corrected chi connectivity index (χ0v) is 36.0. The number of hydrogen-bond donors (Lipinski definition) is 0. The lowest BCUT2D eigenvalue weighted by molar-refractivity contribution is -0.678. The Morgan fingerprint density at radius 3 is 0.833 bits per heavy atom. The van der Waals surface area contributed by atoms with Crippen LogP contribution in [0, 0.1) is 0 Å². The highest BCUT2D eigenvalue weighted by atomic mass is 35.5. The Bertz CT molecular complexity index is 2470. The van der Waals surface area contributed by atoms with Gasteiger partial charge < -0.3 is 0 Å². The molecule has 0 amide bonds. The van der Waals surface area contributed by atoms with E-state index in [1.165, 1.54) is 0 Å². The maximum atomic E-state index is 14.2. The van der Waals surface area contributed by atoms with Gasteiger partial charge in [0, 0.05) is 10.6 Å². The Balaban J connectivity index is 0.000000542. The number of nitrogens with zero attached hydrogens (tertiary/aromatic N) is 1. The zero-order chi connectivity index (χ0) is 54.6. The average Bonchev–Trinajstić information content (AvgIpc) is 3.75. The van der Waals surface area contributed by atoms with Crippen LogP contribution >= 0.6 is 22.9 Å². The van der Waals surface area contributed by atoms with Crippen molar-refractivity contribution in [2.45, 2.75) is 56.0 Å². The second kappa shape index (κ2) is 19.5. The Kier molecular flexibility index (Phi) is 15.4. The Hall–Kier alpha value is -5.93. The molecule has 0 saturated heterocycles. The fourth-order valence-electron chi connectivity index (χ4n) is 7.32. The highest BCUT2D eigenvalue weighted by molar-refractivity contribution is 7.20. The molecule has 0 atom stereocenters. The van der Waals surface area contributed by atoms with Crippen molar-refractivity contribution in [2.75, 3.05) is 0 Å². The van der Waals surface area contributed by atoms with Crippen molar-refractivity contribution in [1.82, 2.24) is 0 Å². The second-order valence-electron chi connectivity index (χ2n) is 15.4. The fourth-order valence-corrected chi connectivity index (χ4v) is 8.04. The lowest BCUT2D eigenvalue weighted by Gasteiger charge is -2.46. The highest BCUT2D eigenvalue weighted by Gasteiger charge is 2.47. The number of carbonyl (C=O) groups is 1. The van der Waals surface area contributed by atoms with E-state index in [-0.39, 0.29) is 5.78 Å². The van der Waals surface area contributed by atoms with Gasteiger partial charge in [-0.2, -0.15) is 132 Å². The molecule has 388 valence electrons. The summed E-state index contributed by atoms with van der Waals surface area (Å²) in [6.07, 6.45) is -52.9. The van der Waals surface area contributed by atoms with Crippen molar-refractivity contribution in [1.29, 1.82) is 0 Å². The van der Waals surface area contributed by atoms with Crippen LogP contribution in [0.4, 0.5) is 105 Å². The van der Waals surface area contributed by atoms with Gasteiger partial charge in [0.1, 0.15) is 6.15 Å². The summed E-state index contributed by atoms with van der Waals surface area (Å²) in [6, 6.07) is -1.86. The van der Waals surface area contributed by atoms with Crippen LogP contribution in [0.25, 0.3) is 0 Å². The molecule has 29 heteroatoms. The van der Waals surface area contributed by atoms with E-state index in [9.17, 15) is 110 Å². The number of aromatic nitrogens is 1. The van der Waals surface area contributed by atoms with Crippen LogP contribution in [0.3, 0.4) is 0 Å². The standard InChI is InChI=1S/C32H12BF24.C11H9ClNOS/c34-25(35,36)13-1-14(26(37,38)39)6-21(5-13)33(22-7-15(27(40,41)42)2-16(8-22)28(43,44)45,23-9-17(29(46,47)48)3-18(10-23)30(49,50)51)24-11-19(31(52,53)54)4-20(12-24)32(55,56)57;12-10-3-1-9(2-4-10)11(14)7-13-5-6-15-8-13/h1-12H;1-6,8H,7H2/q-1;+1. The first-order valence-electron chi connectivity index (χ1n) is 19.1. The van der Waals surface area contributed by atoms with Gasteiger partial charge in [0.2, 0.25) is 17.8 Å². The number of benzene rings is 5. The van der Waals surface area contributed by atoms with Gasteiger partial charge >= 0.3 is 49.4 Å². The predicted molar refractivity (Wildman–Crippen MR) is 210 cm³/mol. The Morgan fingerprint density at radius 1 is 0.403 bits per heavy atom. The molecule has 0 fully saturated rings. The van der Waals surface area contributed by atoms with Gasteiger partial charge in [-0.25, -0.2) is 0 Å². The molecule has 1 heterocycles. The summed E-state index contributed by atoms with van der Waals surface area (Å²) in [7, 11) is 0. The van der Waals surface area contributed by atoms with E-state index >= 15 is 0 Å². The molecule has 0 N–H and O–H groups in total. The third-order valence-corrected chi connectivity index (χ3v) is 11.4. The van der Waals surface area contributed by atoms with Crippen LogP contribution in [0.1, 0.15) is 54.9 Å². The smallest absolute Gasteiger partial charge is 0.287 e. The lowest BCUT2D eigenvalue weighted by Crippen LogP contribution is -2.75. The molecule has 0 aliphatic rings. The molecule has 6 rings (SSSR count). The first kappa shape index (κ1) is 57.0. The van der Waals surface area contributed by atoms with Crippen molar-refractivity contribution in [3.8, 4) is 0 Å². The third kappa shape index (κ3) is 13.2. The topological polar surface area (TPSA) is 20.9 Å². The highest BCUT2D eigenvalue weighted by Crippen LogP contribution is 2.41. The fraction of sp³-hybridized carbons (Fsp3) is 0.209. The predicted octanol–water partition coefficient (Wildman–Crippen LogP) is 13.8. The molecule has 1 aromatic heterocycles. The summed E-state index contributed by atoms with van der Waals surface area (Å²) in [6.45, 7) is 0.380. The van der Waals surface area contributed by atoms with Crippen molar-refractivity contribution >= 4 is 56.7 Å². The zero-order valence-electron chi connectivity index (χ0n) is 34.5. The van der Waals surface area contributed by atoms with Crippen LogP contribution in [0.5, 0.6) is 0 Å². The largest absolute Gasteiger partial charge is 0.416 e. The molecule has 0 aliphatic heterocycles. The summed E-state index contributed by atoms with van der Waals surface area (Å²) >= 11 is 7.31. The van der Waals surface area contributed by atoms with Crippen LogP contribution in [-0.4, -0.2) is 11.9 Å². The number of alkyl halides is 24. The van der Waals surface area contributed by atoms with Crippen LogP contribution in [0.15, 0.2) is 114 Å². The van der Waals surface area contributed by atoms with Crippen molar-refractivity contribution in [3.05, 3.63) is 169 Å². The number of halogens is 25. The molecule has 0 aliphatic carbocycles. The molecule has 72 heavy (non-hydrogen) atoms. The number of hydrogen-bond acceptors (Lipinski definition) is 2. The monoisotopic (exact) mass is 1100 g/mol. The molecule has 5 aromatic carbocycles. The van der Waals surface area contributed by atoms with E-state index in [0.717, 1.165) is 0 Å². The summed E-state index contributed by atoms with van der Waals surface area (Å²) in [5.74, 6) is 0.0927. The SMILES string of the molecule is FC(F)(F)c1cc([B-](c2cc(C(F)(F)F)cc(C(F)(F)F)c2)(c2cc(C(F)(F)F)cc(C(F)(F)F)c2)c2cc(C(F)(F)F)cc(C(F)(F)F)c2)cc(C(F)(F)F)c1.O=C(C[n+]1ccsc1)c1ccc(Cl)cc1. The van der Waals surface area contributed by atoms with Crippen LogP contribution in [-0.2, 0) is 56.0 Å². The van der Waals surface area contributed by atoms with Gasteiger partial charge in [-0.3, -0.25) is 4.79 Å². The molecule has 0 spiro atoms. The van der Waals surface area contributed by atoms with Gasteiger partial charge in [-0.1, -0.05) is 71.5 Å². The molecular formula is C43H21BClF24NOS. The van der Waals surface area contributed by atoms with Crippen LogP contribution < -0.4 is 26.4 Å². The molecule has 0 bridgehead atoms. The first-order valence-corrected chi connectivity index (χ1v) is 20.4. The summed E-state index contributed by atoms with van der Waals surface area (Å²) < 4.78 is 343. The molecular weight excluding hydrogens is 1080 g/mol. The Morgan fingerprint density at radius 2 is 0.639 bits per heavy atom. The molecule has 0 radical (unpaired) electrons. The third-order valence-electron chi connectivity index (χ3n) is 10.5. The van der Waals surface area contributed by atoms with Crippen molar-refractivity contribution in [2.24, 2.45) is 0 Å². The van der Waals surface area contributed by atoms with E-state index in [4.69, 9.17) is 11.6 Å². The van der Waals surface area contributed by atoms with Gasteiger partial charge in [-0.05, 0) is 48.5 Å². The lowest BCUT2D eigenvalue weighted by atomic mass is 9.12. The molecule has 0 saturated carbocycles. The average molecular weight is 1100 g/mol. The van der Waals surface area contributed by atoms with E-state index in [1.54, 1.807) is 35.6 Å². The minimum Gasteiger partial charge on any atom is -0.287 e. The quantitative estimate of drug-likeness (QED) is 0.0675. The number of carbonyl (C=O) groups excluding carboxylic acids is 1. The number of Topliss-reactive ketones (excluding diaryl/α,β-unsaturated/α-hetero) is 1. The van der Waals surface area contributed by atoms with Crippen LogP contribution in [0.2, 0.25) is 5.02 Å². The summed E-state index contributed by atoms with van der Waals surface area (Å²) in [5, 5.41) is 2.59. The number of thiazole rings is 1. The number of rotatable bonds is 7. The normalized spacial score (nSPS) is 13.5. The summed E-state index contributed by atoms with van der Waals surface area (Å²) in [5.41, 5.74) is -27.6. The maximum absolute atomic E-state index is 14.2. The molecule has 6 aromatic rings. The maximum Gasteiger partial charge on any atom is 0.416 e. The van der Waals surface area contributed by atoms with Gasteiger partial charge in [-0.15, -0.1) is 0 Å². The van der Waals surface area contributed by atoms with Gasteiger partial charge in [0.15, 0.2) is 6.20 Å². The molecule has 2 nitrogen and oxygen atoms in total. The number of ketones is 1. The van der Waals surface area contributed by atoms with E-state index in [0.29, 0.717) is 17.1 Å². The van der Waals surface area contributed by atoms with E-state index in [1.807, 2.05) is 21.7 Å². The molecule has 0 unspecified atom stereocenters. The minimum absolute atomic E-state index is 0.0927. The van der Waals surface area contributed by atoms with E-state index in [2.05, 4.69) is 0 Å². The summed E-state index contributed by atoms with van der Waals surface area (Å²) in [4.78, 5) is 11.8. The minimum atomic E-state index is -6.13. The van der Waals surface area contributed by atoms with E-state index < -0.39 is 195 Å². The first-order chi connectivity index (χ1) is 32.5. The van der Waals surface area contributed by atoms with Gasteiger partial charge in [0.25, 0.3) is 0 Å². The van der Waals surface area contributed by atoms with Crippen molar-refractivity contribution in [3.63, 3.8) is 0 Å². The second-order valence-corrected chi connectivity index (χ2v) is 16.5. The Labute approximate surface area is 396 Å².